The number of nitrogens with one attached hydrogen (secondary N) is 5. The van der Waals surface area contributed by atoms with Gasteiger partial charge in [-0.25, -0.2) is 4.79 Å². The third kappa shape index (κ3) is 10.2. The standard InChI is InChI=1S/C33H41N7O4/c34-18-10-17-27(32(43)36-20-25-13-6-2-7-14-25)38-31(42)23-40-22-30(41)35-21-29(40)28(19-24-11-4-1-5-12-24)39-33(44)37-26-15-8-3-9-16-26/h1-9,11-16,27-29H,10,17-23,34H2,(H,35,41)(H,36,43)(H,38,42)(H2,37,39,44)/t27-,28-,29+/m0/s1. The molecular formula is C33H41N7O4. The number of nitrogens with two attached hydrogens (primary N) is 1. The third-order valence-electron chi connectivity index (χ3n) is 7.44. The lowest BCUT2D eigenvalue weighted by molar-refractivity contribution is -0.132. The van der Waals surface area contributed by atoms with E-state index in [1.54, 1.807) is 17.0 Å². The molecule has 1 heterocycles. The molecule has 0 radical (unpaired) electrons. The second-order valence-corrected chi connectivity index (χ2v) is 10.8. The zero-order valence-corrected chi connectivity index (χ0v) is 24.7. The molecule has 0 aliphatic carbocycles. The second-order valence-electron chi connectivity index (χ2n) is 10.8. The van der Waals surface area contributed by atoms with E-state index in [1.807, 2.05) is 78.9 Å². The second kappa shape index (κ2) is 16.8. The molecule has 3 aromatic carbocycles. The van der Waals surface area contributed by atoms with Gasteiger partial charge in [-0.2, -0.15) is 0 Å². The van der Waals surface area contributed by atoms with E-state index >= 15 is 0 Å². The lowest BCUT2D eigenvalue weighted by Crippen LogP contribution is -2.64. The van der Waals surface area contributed by atoms with Gasteiger partial charge in [0.25, 0.3) is 0 Å². The first-order chi connectivity index (χ1) is 21.4. The van der Waals surface area contributed by atoms with Crippen LogP contribution in [0.25, 0.3) is 0 Å². The molecule has 3 atom stereocenters. The smallest absolute Gasteiger partial charge is 0.319 e. The number of amides is 5. The van der Waals surface area contributed by atoms with Gasteiger partial charge in [0.1, 0.15) is 6.04 Å². The van der Waals surface area contributed by atoms with Crippen LogP contribution in [0.1, 0.15) is 24.0 Å². The lowest BCUT2D eigenvalue weighted by atomic mass is 9.96. The Morgan fingerprint density at radius 1 is 0.886 bits per heavy atom. The van der Waals surface area contributed by atoms with Crippen LogP contribution in [0.3, 0.4) is 0 Å². The molecule has 11 nitrogen and oxygen atoms in total. The molecule has 44 heavy (non-hydrogen) atoms. The molecule has 11 heteroatoms. The molecule has 3 aromatic rings. The van der Waals surface area contributed by atoms with E-state index in [1.165, 1.54) is 0 Å². The number of hydrogen-bond donors (Lipinski definition) is 6. The zero-order chi connectivity index (χ0) is 31.1. The maximum Gasteiger partial charge on any atom is 0.319 e. The number of hydrogen-bond acceptors (Lipinski definition) is 6. The Morgan fingerprint density at radius 2 is 1.52 bits per heavy atom. The van der Waals surface area contributed by atoms with Crippen LogP contribution in [0.15, 0.2) is 91.0 Å². The summed E-state index contributed by atoms with van der Waals surface area (Å²) >= 11 is 0. The molecule has 0 unspecified atom stereocenters. The zero-order valence-electron chi connectivity index (χ0n) is 24.7. The van der Waals surface area contributed by atoms with Crippen molar-refractivity contribution in [2.75, 3.05) is 31.5 Å². The number of benzene rings is 3. The molecule has 1 saturated heterocycles. The molecule has 7 N–H and O–H groups in total. The van der Waals surface area contributed by atoms with Crippen LogP contribution < -0.4 is 32.3 Å². The first-order valence-corrected chi connectivity index (χ1v) is 14.9. The van der Waals surface area contributed by atoms with Crippen LogP contribution in [-0.4, -0.2) is 73.0 Å². The van der Waals surface area contributed by atoms with E-state index in [0.717, 1.165) is 11.1 Å². The number of rotatable bonds is 14. The molecule has 232 valence electrons. The highest BCUT2D eigenvalue weighted by Crippen LogP contribution is 2.15. The van der Waals surface area contributed by atoms with Crippen molar-refractivity contribution < 1.29 is 19.2 Å². The van der Waals surface area contributed by atoms with Crippen molar-refractivity contribution in [1.29, 1.82) is 0 Å². The van der Waals surface area contributed by atoms with Crippen LogP contribution in [0.2, 0.25) is 0 Å². The fraction of sp³-hybridized carbons (Fsp3) is 0.333. The van der Waals surface area contributed by atoms with E-state index in [-0.39, 0.29) is 31.4 Å². The van der Waals surface area contributed by atoms with E-state index in [9.17, 15) is 19.2 Å². The number of carbonyl (C=O) groups excluding carboxylic acids is 4. The van der Waals surface area contributed by atoms with E-state index in [0.29, 0.717) is 38.0 Å². The Labute approximate surface area is 258 Å². The Hall–Kier alpha value is -4.74. The first-order valence-electron chi connectivity index (χ1n) is 14.9. The van der Waals surface area contributed by atoms with Crippen molar-refractivity contribution in [3.05, 3.63) is 102 Å². The predicted molar refractivity (Wildman–Crippen MR) is 169 cm³/mol. The highest BCUT2D eigenvalue weighted by atomic mass is 16.2. The Kier molecular flexibility index (Phi) is 12.3. The summed E-state index contributed by atoms with van der Waals surface area (Å²) in [6.07, 6.45) is 1.41. The fourth-order valence-corrected chi connectivity index (χ4v) is 5.21. The van der Waals surface area contributed by atoms with Crippen molar-refractivity contribution >= 4 is 29.4 Å². The van der Waals surface area contributed by atoms with Gasteiger partial charge in [-0.3, -0.25) is 19.3 Å². The van der Waals surface area contributed by atoms with Crippen molar-refractivity contribution in [1.82, 2.24) is 26.2 Å². The van der Waals surface area contributed by atoms with E-state index < -0.39 is 30.1 Å². The maximum absolute atomic E-state index is 13.4. The average Bonchev–Trinajstić information content (AvgIpc) is 3.03. The number of piperazine rings is 1. The predicted octanol–water partition coefficient (Wildman–Crippen LogP) is 1.76. The van der Waals surface area contributed by atoms with Gasteiger partial charge in [-0.05, 0) is 49.1 Å². The van der Waals surface area contributed by atoms with Crippen LogP contribution in [-0.2, 0) is 27.3 Å². The Bertz CT molecular complexity index is 1360. The van der Waals surface area contributed by atoms with Gasteiger partial charge in [-0.1, -0.05) is 78.9 Å². The fourth-order valence-electron chi connectivity index (χ4n) is 5.21. The number of carbonyl (C=O) groups is 4. The number of urea groups is 1. The number of para-hydroxylation sites is 1. The summed E-state index contributed by atoms with van der Waals surface area (Å²) in [6.45, 7) is 0.796. The van der Waals surface area contributed by atoms with Crippen molar-refractivity contribution in [3.63, 3.8) is 0 Å². The Morgan fingerprint density at radius 3 is 2.18 bits per heavy atom. The van der Waals surface area contributed by atoms with Crippen LogP contribution >= 0.6 is 0 Å². The van der Waals surface area contributed by atoms with Crippen molar-refractivity contribution in [2.24, 2.45) is 5.73 Å². The molecular weight excluding hydrogens is 558 g/mol. The third-order valence-corrected chi connectivity index (χ3v) is 7.44. The molecule has 5 amide bonds. The SMILES string of the molecule is NCCC[C@H](NC(=O)CN1CC(=O)NC[C@@H]1[C@H](Cc1ccccc1)NC(=O)Nc1ccccc1)C(=O)NCc1ccccc1. The van der Waals surface area contributed by atoms with E-state index in [2.05, 4.69) is 26.6 Å². The highest BCUT2D eigenvalue weighted by Gasteiger charge is 2.35. The van der Waals surface area contributed by atoms with Gasteiger partial charge >= 0.3 is 6.03 Å². The summed E-state index contributed by atoms with van der Waals surface area (Å²) in [5.41, 5.74) is 8.29. The molecule has 4 rings (SSSR count). The molecule has 0 aromatic heterocycles. The summed E-state index contributed by atoms with van der Waals surface area (Å²) in [7, 11) is 0. The molecule has 0 spiro atoms. The largest absolute Gasteiger partial charge is 0.353 e. The van der Waals surface area contributed by atoms with Gasteiger partial charge in [0.05, 0.1) is 19.1 Å². The van der Waals surface area contributed by atoms with Gasteiger partial charge < -0.3 is 32.3 Å². The van der Waals surface area contributed by atoms with Crippen LogP contribution in [0.4, 0.5) is 10.5 Å². The highest BCUT2D eigenvalue weighted by molar-refractivity contribution is 5.90. The summed E-state index contributed by atoms with van der Waals surface area (Å²) in [6, 6.07) is 26.3. The summed E-state index contributed by atoms with van der Waals surface area (Å²) in [5.74, 6) is -0.917. The normalized spacial score (nSPS) is 16.2. The van der Waals surface area contributed by atoms with Gasteiger partial charge in [-0.15, -0.1) is 0 Å². The maximum atomic E-state index is 13.4. The minimum atomic E-state index is -0.776. The quantitative estimate of drug-likeness (QED) is 0.166. The molecule has 0 bridgehead atoms. The van der Waals surface area contributed by atoms with Gasteiger partial charge in [0.15, 0.2) is 0 Å². The van der Waals surface area contributed by atoms with Crippen molar-refractivity contribution in [2.45, 2.75) is 43.9 Å². The minimum absolute atomic E-state index is 0.0287. The van der Waals surface area contributed by atoms with Gasteiger partial charge in [0, 0.05) is 24.8 Å². The first kappa shape index (κ1) is 32.2. The Balaban J connectivity index is 1.45. The summed E-state index contributed by atoms with van der Waals surface area (Å²) in [4.78, 5) is 53.7. The lowest BCUT2D eigenvalue weighted by Gasteiger charge is -2.40. The van der Waals surface area contributed by atoms with Gasteiger partial charge in [0.2, 0.25) is 17.7 Å². The van der Waals surface area contributed by atoms with Crippen LogP contribution in [0.5, 0.6) is 0 Å². The summed E-state index contributed by atoms with van der Waals surface area (Å²) in [5, 5.41) is 14.5. The number of anilines is 1. The minimum Gasteiger partial charge on any atom is -0.353 e. The molecule has 1 fully saturated rings. The molecule has 1 aliphatic heterocycles. The summed E-state index contributed by atoms with van der Waals surface area (Å²) < 4.78 is 0. The molecule has 0 saturated carbocycles. The average molecular weight is 600 g/mol. The topological polar surface area (TPSA) is 158 Å². The monoisotopic (exact) mass is 599 g/mol. The van der Waals surface area contributed by atoms with Crippen LogP contribution in [0, 0.1) is 0 Å². The molecule has 1 aliphatic rings. The van der Waals surface area contributed by atoms with Crippen molar-refractivity contribution in [3.8, 4) is 0 Å². The number of nitrogens with zero attached hydrogens (tertiary/aromatic N) is 1. The van der Waals surface area contributed by atoms with E-state index in [4.69, 9.17) is 5.73 Å².